The molecule has 0 radical (unpaired) electrons. The third-order valence-electron chi connectivity index (χ3n) is 4.17. The average molecular weight is 325 g/mol. The molecule has 3 heteroatoms. The van der Waals surface area contributed by atoms with Crippen LogP contribution in [0.25, 0.3) is 0 Å². The lowest BCUT2D eigenvalue weighted by Gasteiger charge is -2.41. The summed E-state index contributed by atoms with van der Waals surface area (Å²) in [4.78, 5) is 2.65. The van der Waals surface area contributed by atoms with E-state index in [0.29, 0.717) is 12.6 Å². The Morgan fingerprint density at radius 1 is 1.32 bits per heavy atom. The SMILES string of the molecule is CCCC1CCCCN1C(CN)c1ccc(Br)cc1. The normalized spacial score (nSPS) is 22.4. The smallest absolute Gasteiger partial charge is 0.0473 e. The van der Waals surface area contributed by atoms with Gasteiger partial charge in [-0.3, -0.25) is 4.90 Å². The summed E-state index contributed by atoms with van der Waals surface area (Å²) < 4.78 is 1.13. The van der Waals surface area contributed by atoms with E-state index in [2.05, 4.69) is 52.0 Å². The summed E-state index contributed by atoms with van der Waals surface area (Å²) in [7, 11) is 0. The van der Waals surface area contributed by atoms with E-state index in [1.54, 1.807) is 0 Å². The first kappa shape index (κ1) is 15.0. The fourth-order valence-electron chi connectivity index (χ4n) is 3.22. The predicted octanol–water partition coefficient (Wildman–Crippen LogP) is 4.10. The summed E-state index contributed by atoms with van der Waals surface area (Å²) in [6.07, 6.45) is 6.58. The molecule has 0 aliphatic carbocycles. The summed E-state index contributed by atoms with van der Waals surface area (Å²) in [5.41, 5.74) is 7.43. The van der Waals surface area contributed by atoms with E-state index in [1.165, 1.54) is 44.2 Å². The van der Waals surface area contributed by atoms with Crippen LogP contribution in [0.15, 0.2) is 28.7 Å². The largest absolute Gasteiger partial charge is 0.329 e. The minimum atomic E-state index is 0.380. The molecule has 1 aliphatic heterocycles. The Morgan fingerprint density at radius 2 is 2.05 bits per heavy atom. The Kier molecular flexibility index (Phi) is 5.86. The number of likely N-dealkylation sites (tertiary alicyclic amines) is 1. The molecule has 0 aromatic heterocycles. The average Bonchev–Trinajstić information content (AvgIpc) is 2.44. The van der Waals surface area contributed by atoms with Gasteiger partial charge in [0.2, 0.25) is 0 Å². The minimum Gasteiger partial charge on any atom is -0.329 e. The highest BCUT2D eigenvalue weighted by molar-refractivity contribution is 9.10. The van der Waals surface area contributed by atoms with Crippen LogP contribution in [0.3, 0.4) is 0 Å². The van der Waals surface area contributed by atoms with Crippen molar-refractivity contribution in [2.75, 3.05) is 13.1 Å². The summed E-state index contributed by atoms with van der Waals surface area (Å²) in [5.74, 6) is 0. The zero-order valence-electron chi connectivity index (χ0n) is 11.8. The predicted molar refractivity (Wildman–Crippen MR) is 85.2 cm³/mol. The number of nitrogens with zero attached hydrogens (tertiary/aromatic N) is 1. The van der Waals surface area contributed by atoms with Crippen LogP contribution in [-0.2, 0) is 0 Å². The maximum Gasteiger partial charge on any atom is 0.0473 e. The molecule has 19 heavy (non-hydrogen) atoms. The van der Waals surface area contributed by atoms with Crippen LogP contribution in [-0.4, -0.2) is 24.0 Å². The Balaban J connectivity index is 2.16. The molecule has 1 aliphatic rings. The van der Waals surface area contributed by atoms with Gasteiger partial charge >= 0.3 is 0 Å². The van der Waals surface area contributed by atoms with Crippen molar-refractivity contribution in [2.45, 2.75) is 51.1 Å². The molecule has 106 valence electrons. The number of halogens is 1. The van der Waals surface area contributed by atoms with Crippen LogP contribution >= 0.6 is 15.9 Å². The Hall–Kier alpha value is -0.380. The van der Waals surface area contributed by atoms with Crippen LogP contribution in [0.5, 0.6) is 0 Å². The second-order valence-electron chi connectivity index (χ2n) is 5.48. The number of piperidine rings is 1. The molecule has 1 aromatic rings. The third kappa shape index (κ3) is 3.80. The van der Waals surface area contributed by atoms with Gasteiger partial charge in [-0.25, -0.2) is 0 Å². The summed E-state index contributed by atoms with van der Waals surface area (Å²) in [6.45, 7) is 4.19. The Labute approximate surface area is 125 Å². The van der Waals surface area contributed by atoms with Crippen LogP contribution in [0, 0.1) is 0 Å². The summed E-state index contributed by atoms with van der Waals surface area (Å²) in [5, 5.41) is 0. The fourth-order valence-corrected chi connectivity index (χ4v) is 3.49. The Morgan fingerprint density at radius 3 is 2.68 bits per heavy atom. The zero-order chi connectivity index (χ0) is 13.7. The van der Waals surface area contributed by atoms with Gasteiger partial charge in [-0.2, -0.15) is 0 Å². The van der Waals surface area contributed by atoms with Crippen molar-refractivity contribution in [1.29, 1.82) is 0 Å². The van der Waals surface area contributed by atoms with Gasteiger partial charge in [0.1, 0.15) is 0 Å². The lowest BCUT2D eigenvalue weighted by Crippen LogP contribution is -2.44. The van der Waals surface area contributed by atoms with Gasteiger partial charge in [0.15, 0.2) is 0 Å². The first-order chi connectivity index (χ1) is 9.26. The lowest BCUT2D eigenvalue weighted by atomic mass is 9.94. The number of benzene rings is 1. The number of rotatable bonds is 5. The van der Waals surface area contributed by atoms with Crippen molar-refractivity contribution in [3.8, 4) is 0 Å². The van der Waals surface area contributed by atoms with Crippen LogP contribution in [0.4, 0.5) is 0 Å². The molecule has 2 rings (SSSR count). The van der Waals surface area contributed by atoms with Gasteiger partial charge in [-0.1, -0.05) is 47.8 Å². The maximum absolute atomic E-state index is 6.08. The third-order valence-corrected chi connectivity index (χ3v) is 4.70. The Bertz CT molecular complexity index is 375. The van der Waals surface area contributed by atoms with E-state index in [9.17, 15) is 0 Å². The van der Waals surface area contributed by atoms with Gasteiger partial charge in [0.25, 0.3) is 0 Å². The van der Waals surface area contributed by atoms with Gasteiger partial charge in [0, 0.05) is 23.1 Å². The topological polar surface area (TPSA) is 29.3 Å². The van der Waals surface area contributed by atoms with E-state index in [4.69, 9.17) is 5.73 Å². The molecular weight excluding hydrogens is 300 g/mol. The quantitative estimate of drug-likeness (QED) is 0.883. The molecule has 0 spiro atoms. The molecular formula is C16H25BrN2. The molecule has 0 bridgehead atoms. The van der Waals surface area contributed by atoms with E-state index in [0.717, 1.165) is 10.5 Å². The monoisotopic (exact) mass is 324 g/mol. The molecule has 0 amide bonds. The molecule has 1 heterocycles. The van der Waals surface area contributed by atoms with Crippen molar-refractivity contribution in [1.82, 2.24) is 4.90 Å². The second-order valence-corrected chi connectivity index (χ2v) is 6.39. The maximum atomic E-state index is 6.08. The van der Waals surface area contributed by atoms with Gasteiger partial charge in [-0.05, 0) is 43.5 Å². The van der Waals surface area contributed by atoms with Crippen molar-refractivity contribution in [2.24, 2.45) is 5.73 Å². The fraction of sp³-hybridized carbons (Fsp3) is 0.625. The van der Waals surface area contributed by atoms with Crippen molar-refractivity contribution >= 4 is 15.9 Å². The number of hydrogen-bond acceptors (Lipinski definition) is 2. The summed E-state index contributed by atoms with van der Waals surface area (Å²) in [6, 6.07) is 9.76. The van der Waals surface area contributed by atoms with E-state index < -0.39 is 0 Å². The van der Waals surface area contributed by atoms with Crippen molar-refractivity contribution < 1.29 is 0 Å². The number of nitrogens with two attached hydrogens (primary N) is 1. The van der Waals surface area contributed by atoms with Gasteiger partial charge < -0.3 is 5.73 Å². The molecule has 2 atom stereocenters. The van der Waals surface area contributed by atoms with Crippen molar-refractivity contribution in [3.63, 3.8) is 0 Å². The summed E-state index contributed by atoms with van der Waals surface area (Å²) >= 11 is 3.50. The molecule has 0 saturated carbocycles. The molecule has 2 unspecified atom stereocenters. The minimum absolute atomic E-state index is 0.380. The van der Waals surface area contributed by atoms with E-state index in [1.807, 2.05) is 0 Å². The van der Waals surface area contributed by atoms with Gasteiger partial charge in [0.05, 0.1) is 0 Å². The molecule has 1 saturated heterocycles. The zero-order valence-corrected chi connectivity index (χ0v) is 13.4. The van der Waals surface area contributed by atoms with Crippen LogP contribution in [0.1, 0.15) is 50.6 Å². The molecule has 2 N–H and O–H groups in total. The lowest BCUT2D eigenvalue weighted by molar-refractivity contribution is 0.0912. The van der Waals surface area contributed by atoms with Gasteiger partial charge in [-0.15, -0.1) is 0 Å². The molecule has 1 fully saturated rings. The first-order valence-electron chi connectivity index (χ1n) is 7.47. The first-order valence-corrected chi connectivity index (χ1v) is 8.26. The van der Waals surface area contributed by atoms with E-state index in [-0.39, 0.29) is 0 Å². The van der Waals surface area contributed by atoms with Crippen LogP contribution < -0.4 is 5.73 Å². The standard InChI is InChI=1S/C16H25BrN2/c1-2-5-15-6-3-4-11-19(15)16(12-18)13-7-9-14(17)10-8-13/h7-10,15-16H,2-6,11-12,18H2,1H3. The second kappa shape index (κ2) is 7.41. The highest BCUT2D eigenvalue weighted by Crippen LogP contribution is 2.30. The van der Waals surface area contributed by atoms with E-state index >= 15 is 0 Å². The molecule has 1 aromatic carbocycles. The van der Waals surface area contributed by atoms with Crippen molar-refractivity contribution in [3.05, 3.63) is 34.3 Å². The van der Waals surface area contributed by atoms with Crippen LogP contribution in [0.2, 0.25) is 0 Å². The highest BCUT2D eigenvalue weighted by Gasteiger charge is 2.28. The highest BCUT2D eigenvalue weighted by atomic mass is 79.9. The number of hydrogen-bond donors (Lipinski definition) is 1. The molecule has 2 nitrogen and oxygen atoms in total.